The zero-order valence-corrected chi connectivity index (χ0v) is 12.4. The third kappa shape index (κ3) is 3.24. The SMILES string of the molecule is C=CC[n+]1nc(C)sc1C=Cc1cc(O)ccc1OC. The molecule has 4 nitrogen and oxygen atoms in total. The van der Waals surface area contributed by atoms with E-state index in [0.29, 0.717) is 6.54 Å². The van der Waals surface area contributed by atoms with E-state index in [4.69, 9.17) is 4.74 Å². The van der Waals surface area contributed by atoms with E-state index in [1.807, 2.05) is 29.8 Å². The molecule has 20 heavy (non-hydrogen) atoms. The van der Waals surface area contributed by atoms with E-state index >= 15 is 0 Å². The smallest absolute Gasteiger partial charge is 0.289 e. The largest absolute Gasteiger partial charge is 0.508 e. The average Bonchev–Trinajstić information content (AvgIpc) is 2.77. The number of aryl methyl sites for hydroxylation is 1. The summed E-state index contributed by atoms with van der Waals surface area (Å²) in [4.78, 5) is 0. The van der Waals surface area contributed by atoms with Gasteiger partial charge in [-0.15, -0.1) is 0 Å². The van der Waals surface area contributed by atoms with Crippen molar-refractivity contribution in [3.8, 4) is 11.5 Å². The zero-order valence-electron chi connectivity index (χ0n) is 11.5. The topological polar surface area (TPSA) is 46.2 Å². The maximum atomic E-state index is 9.56. The van der Waals surface area contributed by atoms with Gasteiger partial charge in [0.2, 0.25) is 0 Å². The standard InChI is InChI=1S/C15H16N2O2S/c1-4-9-17-15(20-11(2)16-17)8-5-12-10-13(18)6-7-14(12)19-3/h4-8,10H,1,9H2,2-3H3/p+1. The first-order chi connectivity index (χ1) is 9.63. The van der Waals surface area contributed by atoms with Crippen LogP contribution in [-0.4, -0.2) is 17.3 Å². The summed E-state index contributed by atoms with van der Waals surface area (Å²) in [7, 11) is 1.61. The van der Waals surface area contributed by atoms with Gasteiger partial charge in [0.15, 0.2) is 11.6 Å². The predicted octanol–water partition coefficient (Wildman–Crippen LogP) is 2.81. The van der Waals surface area contributed by atoms with E-state index in [0.717, 1.165) is 21.3 Å². The molecule has 0 saturated carbocycles. The van der Waals surface area contributed by atoms with Crippen LogP contribution in [0.15, 0.2) is 30.9 Å². The Hall–Kier alpha value is -2.14. The monoisotopic (exact) mass is 289 g/mol. The van der Waals surface area contributed by atoms with Crippen molar-refractivity contribution in [1.82, 2.24) is 5.10 Å². The lowest BCUT2D eigenvalue weighted by Gasteiger charge is -2.04. The molecule has 0 atom stereocenters. The van der Waals surface area contributed by atoms with Crippen molar-refractivity contribution < 1.29 is 14.5 Å². The van der Waals surface area contributed by atoms with Gasteiger partial charge in [-0.3, -0.25) is 0 Å². The molecule has 0 saturated heterocycles. The summed E-state index contributed by atoms with van der Waals surface area (Å²) in [6, 6.07) is 5.01. The van der Waals surface area contributed by atoms with Crippen LogP contribution in [-0.2, 0) is 6.54 Å². The number of allylic oxidation sites excluding steroid dienone is 1. The highest BCUT2D eigenvalue weighted by molar-refractivity contribution is 7.11. The van der Waals surface area contributed by atoms with Crippen LogP contribution in [0.2, 0.25) is 0 Å². The van der Waals surface area contributed by atoms with Crippen molar-refractivity contribution in [3.63, 3.8) is 0 Å². The van der Waals surface area contributed by atoms with Crippen molar-refractivity contribution in [2.75, 3.05) is 7.11 Å². The van der Waals surface area contributed by atoms with Crippen LogP contribution >= 0.6 is 11.3 Å². The van der Waals surface area contributed by atoms with Crippen molar-refractivity contribution in [2.24, 2.45) is 0 Å². The number of ether oxygens (including phenoxy) is 1. The summed E-state index contributed by atoms with van der Waals surface area (Å²) in [6.07, 6.45) is 5.68. The number of hydrogen-bond donors (Lipinski definition) is 1. The molecule has 104 valence electrons. The first-order valence-electron chi connectivity index (χ1n) is 6.17. The van der Waals surface area contributed by atoms with Crippen LogP contribution in [0.4, 0.5) is 0 Å². The minimum atomic E-state index is 0.213. The first kappa shape index (κ1) is 14.3. The molecule has 0 aliphatic carbocycles. The van der Waals surface area contributed by atoms with Crippen molar-refractivity contribution in [2.45, 2.75) is 13.5 Å². The molecule has 0 amide bonds. The second kappa shape index (κ2) is 6.34. The quantitative estimate of drug-likeness (QED) is 0.680. The molecule has 2 rings (SSSR count). The second-order valence-corrected chi connectivity index (χ2v) is 5.40. The number of benzene rings is 1. The Morgan fingerprint density at radius 1 is 1.45 bits per heavy atom. The molecule has 2 aromatic rings. The van der Waals surface area contributed by atoms with Gasteiger partial charge >= 0.3 is 0 Å². The van der Waals surface area contributed by atoms with Crippen LogP contribution in [0, 0.1) is 6.92 Å². The molecule has 0 bridgehead atoms. The molecule has 1 N–H and O–H groups in total. The molecule has 0 radical (unpaired) electrons. The molecule has 1 heterocycles. The Bertz CT molecular complexity index is 647. The van der Waals surface area contributed by atoms with Crippen LogP contribution < -0.4 is 9.42 Å². The summed E-state index contributed by atoms with van der Waals surface area (Å²) in [5.41, 5.74) is 0.823. The van der Waals surface area contributed by atoms with E-state index < -0.39 is 0 Å². The fourth-order valence-corrected chi connectivity index (χ4v) is 2.63. The summed E-state index contributed by atoms with van der Waals surface area (Å²) >= 11 is 1.61. The number of phenolic OH excluding ortho intramolecular Hbond substituents is 1. The zero-order chi connectivity index (χ0) is 14.5. The minimum absolute atomic E-state index is 0.213. The molecular formula is C15H17N2O2S+. The van der Waals surface area contributed by atoms with Gasteiger partial charge < -0.3 is 9.84 Å². The number of rotatable bonds is 5. The lowest BCUT2D eigenvalue weighted by molar-refractivity contribution is -0.741. The highest BCUT2D eigenvalue weighted by Gasteiger charge is 2.13. The van der Waals surface area contributed by atoms with Gasteiger partial charge in [0, 0.05) is 16.7 Å². The fraction of sp³-hybridized carbons (Fsp3) is 0.200. The Kier molecular flexibility index (Phi) is 4.53. The second-order valence-electron chi connectivity index (χ2n) is 4.19. The Balaban J connectivity index is 2.33. The molecule has 0 spiro atoms. The highest BCUT2D eigenvalue weighted by Crippen LogP contribution is 2.25. The van der Waals surface area contributed by atoms with E-state index in [1.54, 1.807) is 36.6 Å². The summed E-state index contributed by atoms with van der Waals surface area (Å²) in [5.74, 6) is 0.931. The first-order valence-corrected chi connectivity index (χ1v) is 6.99. The minimum Gasteiger partial charge on any atom is -0.508 e. The summed E-state index contributed by atoms with van der Waals surface area (Å²) in [6.45, 7) is 6.37. The third-order valence-corrected chi connectivity index (χ3v) is 3.62. The Labute approximate surface area is 122 Å². The van der Waals surface area contributed by atoms with Gasteiger partial charge in [-0.05, 0) is 48.6 Å². The number of hydrogen-bond acceptors (Lipinski definition) is 4. The number of methoxy groups -OCH3 is 1. The summed E-state index contributed by atoms with van der Waals surface area (Å²) < 4.78 is 7.16. The van der Waals surface area contributed by atoms with Gasteiger partial charge in [0.25, 0.3) is 5.01 Å². The fourth-order valence-electron chi connectivity index (χ4n) is 1.83. The molecular weight excluding hydrogens is 272 g/mol. The summed E-state index contributed by atoms with van der Waals surface area (Å²) in [5, 5.41) is 16.0. The lowest BCUT2D eigenvalue weighted by atomic mass is 10.2. The molecule has 0 aliphatic rings. The number of phenols is 1. The number of nitrogens with zero attached hydrogens (tertiary/aromatic N) is 2. The van der Waals surface area contributed by atoms with Crippen LogP contribution in [0.25, 0.3) is 12.2 Å². The number of aromatic nitrogens is 2. The van der Waals surface area contributed by atoms with Crippen LogP contribution in [0.3, 0.4) is 0 Å². The predicted molar refractivity (Wildman–Crippen MR) is 80.8 cm³/mol. The normalized spacial score (nSPS) is 10.9. The highest BCUT2D eigenvalue weighted by atomic mass is 32.1. The average molecular weight is 289 g/mol. The van der Waals surface area contributed by atoms with E-state index in [-0.39, 0.29) is 5.75 Å². The van der Waals surface area contributed by atoms with Crippen molar-refractivity contribution in [1.29, 1.82) is 0 Å². The van der Waals surface area contributed by atoms with Gasteiger partial charge in [0.05, 0.1) is 7.11 Å². The molecule has 5 heteroatoms. The van der Waals surface area contributed by atoms with E-state index in [2.05, 4.69) is 11.7 Å². The number of aromatic hydroxyl groups is 1. The van der Waals surface area contributed by atoms with Crippen molar-refractivity contribution in [3.05, 3.63) is 46.4 Å². The molecule has 0 unspecified atom stereocenters. The van der Waals surface area contributed by atoms with E-state index in [1.165, 1.54) is 0 Å². The van der Waals surface area contributed by atoms with Gasteiger partial charge in [-0.1, -0.05) is 11.3 Å². The van der Waals surface area contributed by atoms with Gasteiger partial charge in [-0.2, -0.15) is 0 Å². The van der Waals surface area contributed by atoms with Crippen LogP contribution in [0.5, 0.6) is 11.5 Å². The lowest BCUT2D eigenvalue weighted by Crippen LogP contribution is -2.37. The van der Waals surface area contributed by atoms with Crippen LogP contribution in [0.1, 0.15) is 15.6 Å². The molecule has 1 aromatic heterocycles. The Morgan fingerprint density at radius 3 is 2.95 bits per heavy atom. The third-order valence-electron chi connectivity index (χ3n) is 2.69. The molecule has 0 aliphatic heterocycles. The Morgan fingerprint density at radius 2 is 2.25 bits per heavy atom. The maximum absolute atomic E-state index is 9.56. The van der Waals surface area contributed by atoms with E-state index in [9.17, 15) is 5.11 Å². The van der Waals surface area contributed by atoms with Gasteiger partial charge in [-0.25, -0.2) is 0 Å². The van der Waals surface area contributed by atoms with Crippen molar-refractivity contribution >= 4 is 23.5 Å². The van der Waals surface area contributed by atoms with Gasteiger partial charge in [0.1, 0.15) is 11.5 Å². The molecule has 1 aromatic carbocycles. The molecule has 0 fully saturated rings. The maximum Gasteiger partial charge on any atom is 0.289 e.